The van der Waals surface area contributed by atoms with Crippen molar-refractivity contribution in [3.05, 3.63) is 11.6 Å². The number of ether oxygens (including phenoxy) is 3. The molecular formula is C34H54N2O4. The summed E-state index contributed by atoms with van der Waals surface area (Å²) in [5, 5.41) is 3.42. The molecule has 1 N–H and O–H groups in total. The predicted octanol–water partition coefficient (Wildman–Crippen LogP) is 5.56. The second kappa shape index (κ2) is 10.3. The predicted molar refractivity (Wildman–Crippen MR) is 156 cm³/mol. The highest BCUT2D eigenvalue weighted by atomic mass is 16.7. The molecule has 1 amide bonds. The molecule has 1 spiro atoms. The third-order valence-corrected chi connectivity index (χ3v) is 13.5. The maximum Gasteiger partial charge on any atom is 0.221 e. The molecule has 6 fully saturated rings. The van der Waals surface area contributed by atoms with Crippen LogP contribution in [0.3, 0.4) is 0 Å². The number of hydrogen-bond acceptors (Lipinski definition) is 5. The van der Waals surface area contributed by atoms with Crippen LogP contribution in [-0.2, 0) is 19.0 Å². The van der Waals surface area contributed by atoms with E-state index in [4.69, 9.17) is 14.2 Å². The molecule has 6 nitrogen and oxygen atoms in total. The fourth-order valence-electron chi connectivity index (χ4n) is 11.2. The molecule has 7 rings (SSSR count). The molecule has 40 heavy (non-hydrogen) atoms. The van der Waals surface area contributed by atoms with Gasteiger partial charge in [0.1, 0.15) is 0 Å². The number of rotatable bonds is 4. The van der Waals surface area contributed by atoms with E-state index in [1.54, 1.807) is 5.57 Å². The molecule has 3 aliphatic heterocycles. The monoisotopic (exact) mass is 554 g/mol. The Balaban J connectivity index is 1.00. The summed E-state index contributed by atoms with van der Waals surface area (Å²) < 4.78 is 18.9. The largest absolute Gasteiger partial charge is 0.379 e. The molecule has 3 saturated carbocycles. The van der Waals surface area contributed by atoms with E-state index in [0.717, 1.165) is 76.5 Å². The lowest BCUT2D eigenvalue weighted by molar-refractivity contribution is -0.272. The van der Waals surface area contributed by atoms with Gasteiger partial charge in [-0.05, 0) is 91.8 Å². The molecule has 3 saturated heterocycles. The number of nitrogens with zero attached hydrogens (tertiary/aromatic N) is 1. The molecular weight excluding hydrogens is 500 g/mol. The van der Waals surface area contributed by atoms with Gasteiger partial charge >= 0.3 is 0 Å². The van der Waals surface area contributed by atoms with E-state index >= 15 is 0 Å². The van der Waals surface area contributed by atoms with E-state index in [-0.39, 0.29) is 11.7 Å². The van der Waals surface area contributed by atoms with E-state index in [9.17, 15) is 4.79 Å². The summed E-state index contributed by atoms with van der Waals surface area (Å²) >= 11 is 0. The van der Waals surface area contributed by atoms with Gasteiger partial charge in [-0.2, -0.15) is 0 Å². The van der Waals surface area contributed by atoms with Crippen LogP contribution in [0, 0.1) is 46.3 Å². The fraction of sp³-hybridized carbons (Fsp3) is 0.912. The van der Waals surface area contributed by atoms with Crippen molar-refractivity contribution in [2.75, 3.05) is 39.5 Å². The minimum absolute atomic E-state index is 0.226. The first kappa shape index (κ1) is 27.9. The van der Waals surface area contributed by atoms with Crippen molar-refractivity contribution in [2.24, 2.45) is 46.3 Å². The average Bonchev–Trinajstić information content (AvgIpc) is 3.40. The number of amides is 1. The van der Waals surface area contributed by atoms with Crippen molar-refractivity contribution >= 4 is 5.91 Å². The van der Waals surface area contributed by atoms with Crippen LogP contribution in [0.4, 0.5) is 0 Å². The molecule has 11 atom stereocenters. The third-order valence-electron chi connectivity index (χ3n) is 13.5. The molecule has 3 heterocycles. The van der Waals surface area contributed by atoms with Crippen LogP contribution in [0.15, 0.2) is 11.6 Å². The van der Waals surface area contributed by atoms with Gasteiger partial charge in [0, 0.05) is 44.4 Å². The zero-order valence-corrected chi connectivity index (χ0v) is 25.6. The summed E-state index contributed by atoms with van der Waals surface area (Å²) in [6, 6.07) is 0.302. The normalized spacial score (nSPS) is 50.5. The molecule has 0 aromatic rings. The highest BCUT2D eigenvalue weighted by Gasteiger charge is 2.68. The van der Waals surface area contributed by atoms with Crippen molar-refractivity contribution in [1.82, 2.24) is 10.2 Å². The van der Waals surface area contributed by atoms with Crippen LogP contribution < -0.4 is 5.32 Å². The fourth-order valence-corrected chi connectivity index (χ4v) is 11.2. The Hall–Kier alpha value is -0.950. The smallest absolute Gasteiger partial charge is 0.221 e. The van der Waals surface area contributed by atoms with Crippen LogP contribution in [0.5, 0.6) is 0 Å². The van der Waals surface area contributed by atoms with Gasteiger partial charge in [0.2, 0.25) is 5.91 Å². The molecule has 0 aromatic carbocycles. The van der Waals surface area contributed by atoms with Crippen molar-refractivity contribution in [3.8, 4) is 0 Å². The zero-order chi connectivity index (χ0) is 27.7. The van der Waals surface area contributed by atoms with Gasteiger partial charge in [-0.1, -0.05) is 39.3 Å². The molecule has 7 aliphatic rings. The van der Waals surface area contributed by atoms with Crippen LogP contribution in [-0.4, -0.2) is 68.2 Å². The summed E-state index contributed by atoms with van der Waals surface area (Å²) in [4.78, 5) is 15.2. The second-order valence-electron chi connectivity index (χ2n) is 15.5. The molecule has 224 valence electrons. The van der Waals surface area contributed by atoms with Gasteiger partial charge in [0.15, 0.2) is 5.79 Å². The van der Waals surface area contributed by atoms with Crippen molar-refractivity contribution in [1.29, 1.82) is 0 Å². The summed E-state index contributed by atoms with van der Waals surface area (Å²) in [6.45, 7) is 15.2. The first-order chi connectivity index (χ1) is 19.2. The summed E-state index contributed by atoms with van der Waals surface area (Å²) in [5.74, 6) is 4.00. The molecule has 4 aliphatic carbocycles. The van der Waals surface area contributed by atoms with Crippen LogP contribution in [0.25, 0.3) is 0 Å². The first-order valence-electron chi connectivity index (χ1n) is 16.8. The highest BCUT2D eigenvalue weighted by Crippen LogP contribution is 2.70. The number of carbonyl (C=O) groups is 1. The SMILES string of the molecule is C[C@@H]1CC[C@@]2(OC1)O[C@H]1C[C@H]3[C@@H]4CC=C5C[C@H](NC(=O)CCN6CCOCC6)CC[C@]5(C)[C@H]4CC[C@]3(C)[C@H]1[C@@H]2C. The Morgan fingerprint density at radius 3 is 2.67 bits per heavy atom. The van der Waals surface area contributed by atoms with Gasteiger partial charge in [-0.15, -0.1) is 0 Å². The first-order valence-corrected chi connectivity index (χ1v) is 16.8. The molecule has 0 unspecified atom stereocenters. The Morgan fingerprint density at radius 1 is 1.07 bits per heavy atom. The molecule has 6 heteroatoms. The molecule has 0 radical (unpaired) electrons. The standard InChI is InChI=1S/C34H54N2O4/c1-22-7-13-34(39-21-22)23(2)31-29(40-34)20-28-26-6-5-24-19-25(35-30(37)10-14-36-15-17-38-18-16-36)8-11-32(24,3)27(26)9-12-33(28,31)4/h5,22-23,25-29,31H,6-21H2,1-4H3,(H,35,37)/t22-,23+,25-,26-,27+,28+,29+,31+,32+,33+,34-/m1/s1. The highest BCUT2D eigenvalue weighted by molar-refractivity contribution is 5.76. The van der Waals surface area contributed by atoms with E-state index in [0.29, 0.717) is 47.2 Å². The lowest BCUT2D eigenvalue weighted by atomic mass is 9.46. The topological polar surface area (TPSA) is 60.0 Å². The maximum atomic E-state index is 12.8. The second-order valence-corrected chi connectivity index (χ2v) is 15.5. The van der Waals surface area contributed by atoms with E-state index in [1.165, 1.54) is 38.5 Å². The average molecular weight is 555 g/mol. The molecule has 0 aromatic heterocycles. The van der Waals surface area contributed by atoms with Crippen molar-refractivity contribution in [2.45, 2.75) is 110 Å². The quantitative estimate of drug-likeness (QED) is 0.461. The Kier molecular flexibility index (Phi) is 7.21. The van der Waals surface area contributed by atoms with E-state index in [1.807, 2.05) is 0 Å². The zero-order valence-electron chi connectivity index (χ0n) is 25.6. The Morgan fingerprint density at radius 2 is 1.90 bits per heavy atom. The number of allylic oxidation sites excluding steroid dienone is 1. The minimum atomic E-state index is -0.316. The van der Waals surface area contributed by atoms with Gasteiger partial charge in [-0.3, -0.25) is 9.69 Å². The number of morpholine rings is 1. The minimum Gasteiger partial charge on any atom is -0.379 e. The van der Waals surface area contributed by atoms with Gasteiger partial charge in [-0.25, -0.2) is 0 Å². The lowest BCUT2D eigenvalue weighted by Crippen LogP contribution is -2.53. The number of carbonyl (C=O) groups excluding carboxylic acids is 1. The van der Waals surface area contributed by atoms with Crippen LogP contribution in [0.2, 0.25) is 0 Å². The Bertz CT molecular complexity index is 1000. The van der Waals surface area contributed by atoms with E-state index in [2.05, 4.69) is 44.0 Å². The van der Waals surface area contributed by atoms with Gasteiger partial charge in [0.25, 0.3) is 0 Å². The van der Waals surface area contributed by atoms with Gasteiger partial charge in [0.05, 0.1) is 25.9 Å². The third kappa shape index (κ3) is 4.45. The summed E-state index contributed by atoms with van der Waals surface area (Å²) in [5.41, 5.74) is 2.32. The maximum absolute atomic E-state index is 12.8. The summed E-state index contributed by atoms with van der Waals surface area (Å²) in [7, 11) is 0. The summed E-state index contributed by atoms with van der Waals surface area (Å²) in [6.07, 6.45) is 14.4. The number of nitrogens with one attached hydrogen (secondary N) is 1. The van der Waals surface area contributed by atoms with Crippen LogP contribution >= 0.6 is 0 Å². The van der Waals surface area contributed by atoms with Crippen molar-refractivity contribution in [3.63, 3.8) is 0 Å². The Labute approximate surface area is 242 Å². The van der Waals surface area contributed by atoms with Gasteiger partial charge < -0.3 is 19.5 Å². The van der Waals surface area contributed by atoms with Crippen molar-refractivity contribution < 1.29 is 19.0 Å². The van der Waals surface area contributed by atoms with Crippen LogP contribution in [0.1, 0.15) is 91.9 Å². The lowest BCUT2D eigenvalue weighted by Gasteiger charge is -2.58. The van der Waals surface area contributed by atoms with E-state index < -0.39 is 0 Å². The number of hydrogen-bond donors (Lipinski definition) is 1. The molecule has 0 bridgehead atoms. The number of fused-ring (bicyclic) bond motifs is 7.